The fraction of sp³-hybridized carbons (Fsp3) is 0.462. The lowest BCUT2D eigenvalue weighted by atomic mass is 10.1. The van der Waals surface area contributed by atoms with E-state index in [0.29, 0.717) is 12.5 Å². The van der Waals surface area contributed by atoms with Crippen LogP contribution in [0.2, 0.25) is 0 Å². The molecule has 0 amide bonds. The molecule has 2 nitrogen and oxygen atoms in total. The fourth-order valence-electron chi connectivity index (χ4n) is 1.50. The molecule has 1 aromatic rings. The van der Waals surface area contributed by atoms with E-state index in [1.54, 1.807) is 6.07 Å². The third-order valence-electron chi connectivity index (χ3n) is 2.49. The number of hydrogen-bond donors (Lipinski definition) is 1. The van der Waals surface area contributed by atoms with Gasteiger partial charge in [-0.05, 0) is 30.5 Å². The molecule has 0 heterocycles. The zero-order valence-electron chi connectivity index (χ0n) is 10.3. The van der Waals surface area contributed by atoms with Crippen LogP contribution >= 0.6 is 0 Å². The Balaban J connectivity index is 2.94. The van der Waals surface area contributed by atoms with Crippen molar-refractivity contribution >= 4 is 5.69 Å². The summed E-state index contributed by atoms with van der Waals surface area (Å²) < 4.78 is 38.4. The Kier molecular flexibility index (Phi) is 4.60. The number of hydrogen-bond acceptors (Lipinski definition) is 2. The standard InChI is InChI=1S/C13H15F3N2/c1-9(2)5-6-18-12-4-3-10(8-17)7-11(12)13(14,15)16/h3-4,7,9,18H,5-6H2,1-2H3. The summed E-state index contributed by atoms with van der Waals surface area (Å²) in [6, 6.07) is 5.28. The minimum absolute atomic E-state index is 0.0109. The lowest BCUT2D eigenvalue weighted by Crippen LogP contribution is -2.13. The number of benzene rings is 1. The first-order valence-corrected chi connectivity index (χ1v) is 5.70. The van der Waals surface area contributed by atoms with E-state index in [9.17, 15) is 13.2 Å². The van der Waals surface area contributed by atoms with Crippen LogP contribution in [0.1, 0.15) is 31.4 Å². The van der Waals surface area contributed by atoms with Crippen molar-refractivity contribution in [2.75, 3.05) is 11.9 Å². The number of nitriles is 1. The lowest BCUT2D eigenvalue weighted by Gasteiger charge is -2.15. The molecule has 0 aliphatic rings. The zero-order valence-corrected chi connectivity index (χ0v) is 10.3. The minimum Gasteiger partial charge on any atom is -0.385 e. The molecule has 1 N–H and O–H groups in total. The molecule has 0 aromatic heterocycles. The van der Waals surface area contributed by atoms with Gasteiger partial charge in [-0.25, -0.2) is 0 Å². The summed E-state index contributed by atoms with van der Waals surface area (Å²) in [6.45, 7) is 4.49. The maximum Gasteiger partial charge on any atom is 0.418 e. The van der Waals surface area contributed by atoms with Gasteiger partial charge in [0.05, 0.1) is 17.2 Å². The Bertz CT molecular complexity index is 445. The number of alkyl halides is 3. The van der Waals surface area contributed by atoms with Gasteiger partial charge in [0.2, 0.25) is 0 Å². The van der Waals surface area contributed by atoms with Crippen molar-refractivity contribution in [1.82, 2.24) is 0 Å². The van der Waals surface area contributed by atoms with Crippen molar-refractivity contribution < 1.29 is 13.2 Å². The third kappa shape index (κ3) is 3.95. The van der Waals surface area contributed by atoms with Crippen LogP contribution in [-0.4, -0.2) is 6.54 Å². The van der Waals surface area contributed by atoms with Crippen LogP contribution in [-0.2, 0) is 6.18 Å². The van der Waals surface area contributed by atoms with Crippen LogP contribution < -0.4 is 5.32 Å². The van der Waals surface area contributed by atoms with Gasteiger partial charge in [-0.3, -0.25) is 0 Å². The highest BCUT2D eigenvalue weighted by Crippen LogP contribution is 2.35. The highest BCUT2D eigenvalue weighted by Gasteiger charge is 2.33. The van der Waals surface area contributed by atoms with Gasteiger partial charge in [-0.15, -0.1) is 0 Å². The fourth-order valence-corrected chi connectivity index (χ4v) is 1.50. The quantitative estimate of drug-likeness (QED) is 0.882. The van der Waals surface area contributed by atoms with Crippen LogP contribution in [0.5, 0.6) is 0 Å². The molecule has 0 bridgehead atoms. The molecule has 1 rings (SSSR count). The molecule has 0 saturated heterocycles. The topological polar surface area (TPSA) is 35.8 Å². The molecule has 0 aliphatic carbocycles. The predicted octanol–water partition coefficient (Wildman–Crippen LogP) is 4.04. The van der Waals surface area contributed by atoms with Gasteiger partial charge in [0.15, 0.2) is 0 Å². The first kappa shape index (κ1) is 14.4. The first-order chi connectivity index (χ1) is 8.34. The molecular formula is C13H15F3N2. The zero-order chi connectivity index (χ0) is 13.8. The molecule has 0 saturated carbocycles. The van der Waals surface area contributed by atoms with Crippen LogP contribution in [0, 0.1) is 17.2 Å². The molecule has 18 heavy (non-hydrogen) atoms. The average Bonchev–Trinajstić information content (AvgIpc) is 2.27. The summed E-state index contributed by atoms with van der Waals surface area (Å²) >= 11 is 0. The smallest absolute Gasteiger partial charge is 0.385 e. The number of halogens is 3. The largest absolute Gasteiger partial charge is 0.418 e. The predicted molar refractivity (Wildman–Crippen MR) is 64.1 cm³/mol. The van der Waals surface area contributed by atoms with Crippen LogP contribution in [0.25, 0.3) is 0 Å². The second-order valence-electron chi connectivity index (χ2n) is 4.48. The van der Waals surface area contributed by atoms with Crippen molar-refractivity contribution in [1.29, 1.82) is 5.26 Å². The molecule has 0 fully saturated rings. The highest BCUT2D eigenvalue weighted by atomic mass is 19.4. The van der Waals surface area contributed by atoms with Crippen LogP contribution in [0.4, 0.5) is 18.9 Å². The third-order valence-corrected chi connectivity index (χ3v) is 2.49. The molecule has 0 aliphatic heterocycles. The van der Waals surface area contributed by atoms with Gasteiger partial charge in [-0.2, -0.15) is 18.4 Å². The molecule has 0 unspecified atom stereocenters. The van der Waals surface area contributed by atoms with Crippen molar-refractivity contribution in [3.8, 4) is 6.07 Å². The van der Waals surface area contributed by atoms with Gasteiger partial charge in [0, 0.05) is 12.2 Å². The van der Waals surface area contributed by atoms with Gasteiger partial charge in [0.1, 0.15) is 0 Å². The second kappa shape index (κ2) is 5.76. The van der Waals surface area contributed by atoms with Gasteiger partial charge in [-0.1, -0.05) is 13.8 Å². The maximum absolute atomic E-state index is 12.8. The van der Waals surface area contributed by atoms with Crippen molar-refractivity contribution in [3.05, 3.63) is 29.3 Å². The van der Waals surface area contributed by atoms with Crippen molar-refractivity contribution in [2.45, 2.75) is 26.4 Å². The normalized spacial score (nSPS) is 11.4. The Labute approximate surface area is 104 Å². The summed E-state index contributed by atoms with van der Waals surface area (Å²) in [5.74, 6) is 0.421. The number of nitrogens with one attached hydrogen (secondary N) is 1. The summed E-state index contributed by atoms with van der Waals surface area (Å²) in [7, 11) is 0. The molecule has 0 atom stereocenters. The Morgan fingerprint density at radius 1 is 1.33 bits per heavy atom. The Morgan fingerprint density at radius 2 is 2.00 bits per heavy atom. The molecular weight excluding hydrogens is 241 g/mol. The lowest BCUT2D eigenvalue weighted by molar-refractivity contribution is -0.137. The Morgan fingerprint density at radius 3 is 2.50 bits per heavy atom. The number of anilines is 1. The van der Waals surface area contributed by atoms with E-state index in [1.165, 1.54) is 12.1 Å². The summed E-state index contributed by atoms with van der Waals surface area (Å²) in [5, 5.41) is 11.4. The molecule has 0 radical (unpaired) electrons. The van der Waals surface area contributed by atoms with Crippen LogP contribution in [0.3, 0.4) is 0 Å². The van der Waals surface area contributed by atoms with E-state index < -0.39 is 11.7 Å². The minimum atomic E-state index is -4.45. The van der Waals surface area contributed by atoms with Crippen molar-refractivity contribution in [3.63, 3.8) is 0 Å². The highest BCUT2D eigenvalue weighted by molar-refractivity contribution is 5.56. The summed E-state index contributed by atoms with van der Waals surface area (Å²) in [4.78, 5) is 0. The average molecular weight is 256 g/mol. The second-order valence-corrected chi connectivity index (χ2v) is 4.48. The maximum atomic E-state index is 12.8. The first-order valence-electron chi connectivity index (χ1n) is 5.70. The Hall–Kier alpha value is -1.70. The van der Waals surface area contributed by atoms with E-state index in [-0.39, 0.29) is 11.3 Å². The van der Waals surface area contributed by atoms with Crippen molar-refractivity contribution in [2.24, 2.45) is 5.92 Å². The molecule has 5 heteroatoms. The van der Waals surface area contributed by atoms with E-state index in [0.717, 1.165) is 12.5 Å². The molecule has 0 spiro atoms. The van der Waals surface area contributed by atoms with Gasteiger partial charge < -0.3 is 5.32 Å². The molecule has 98 valence electrons. The summed E-state index contributed by atoms with van der Waals surface area (Å²) in [5.41, 5.74) is -0.746. The van der Waals surface area contributed by atoms with E-state index in [1.807, 2.05) is 13.8 Å². The van der Waals surface area contributed by atoms with E-state index in [4.69, 9.17) is 5.26 Å². The molecule has 1 aromatic carbocycles. The van der Waals surface area contributed by atoms with Gasteiger partial charge in [0.25, 0.3) is 0 Å². The number of nitrogens with zero attached hydrogens (tertiary/aromatic N) is 1. The van der Waals surface area contributed by atoms with Gasteiger partial charge >= 0.3 is 6.18 Å². The monoisotopic (exact) mass is 256 g/mol. The van der Waals surface area contributed by atoms with E-state index >= 15 is 0 Å². The number of rotatable bonds is 4. The summed E-state index contributed by atoms with van der Waals surface area (Å²) in [6.07, 6.45) is -3.66. The SMILES string of the molecule is CC(C)CCNc1ccc(C#N)cc1C(F)(F)F. The van der Waals surface area contributed by atoms with Crippen LogP contribution in [0.15, 0.2) is 18.2 Å². The van der Waals surface area contributed by atoms with E-state index in [2.05, 4.69) is 5.32 Å².